The second-order valence-corrected chi connectivity index (χ2v) is 2.31. The summed E-state index contributed by atoms with van der Waals surface area (Å²) in [5.41, 5.74) is -0.519. The maximum atomic E-state index is 12.1. The Bertz CT molecular complexity index is 298. The molecule has 5 heteroatoms. The predicted molar refractivity (Wildman–Crippen MR) is 38.4 cm³/mol. The summed E-state index contributed by atoms with van der Waals surface area (Å²) >= 11 is 0. The minimum atomic E-state index is -4.41. The molecule has 0 amide bonds. The van der Waals surface area contributed by atoms with E-state index in [-0.39, 0.29) is 5.56 Å². The maximum absolute atomic E-state index is 12.1. The van der Waals surface area contributed by atoms with Gasteiger partial charge in [-0.2, -0.15) is 18.3 Å². The molecule has 2 nitrogen and oxygen atoms in total. The molecule has 0 bridgehead atoms. The zero-order valence-electron chi connectivity index (χ0n) is 6.37. The number of nitrogens with one attached hydrogen (secondary N) is 1. The molecule has 0 radical (unpaired) electrons. The van der Waals surface area contributed by atoms with Crippen LogP contribution < -0.4 is 0 Å². The SMILES string of the molecule is C=Cc1c(C(F)(F)F)n[nH]c1C. The average Bonchev–Trinajstić information content (AvgIpc) is 2.29. The van der Waals surface area contributed by atoms with E-state index in [2.05, 4.69) is 16.8 Å². The van der Waals surface area contributed by atoms with Crippen LogP contribution in [-0.4, -0.2) is 10.2 Å². The maximum Gasteiger partial charge on any atom is 0.435 e. The largest absolute Gasteiger partial charge is 0.435 e. The summed E-state index contributed by atoms with van der Waals surface area (Å²) in [4.78, 5) is 0. The van der Waals surface area contributed by atoms with Gasteiger partial charge in [0.1, 0.15) is 0 Å². The molecule has 0 aromatic carbocycles. The van der Waals surface area contributed by atoms with Crippen molar-refractivity contribution in [3.63, 3.8) is 0 Å². The summed E-state index contributed by atoms with van der Waals surface area (Å²) in [5, 5.41) is 5.39. The van der Waals surface area contributed by atoms with Gasteiger partial charge in [-0.1, -0.05) is 12.7 Å². The molecule has 0 unspecified atom stereocenters. The summed E-state index contributed by atoms with van der Waals surface area (Å²) in [5.74, 6) is 0. The van der Waals surface area contributed by atoms with Crippen LogP contribution in [0, 0.1) is 6.92 Å². The highest BCUT2D eigenvalue weighted by molar-refractivity contribution is 5.53. The van der Waals surface area contributed by atoms with E-state index < -0.39 is 11.9 Å². The lowest BCUT2D eigenvalue weighted by Crippen LogP contribution is -2.07. The van der Waals surface area contributed by atoms with Crippen LogP contribution in [0.25, 0.3) is 6.08 Å². The third-order valence-electron chi connectivity index (χ3n) is 1.47. The van der Waals surface area contributed by atoms with Gasteiger partial charge in [0.05, 0.1) is 0 Å². The third-order valence-corrected chi connectivity index (χ3v) is 1.47. The van der Waals surface area contributed by atoms with Gasteiger partial charge in [0.2, 0.25) is 0 Å². The minimum absolute atomic E-state index is 0.0162. The number of alkyl halides is 3. The van der Waals surface area contributed by atoms with E-state index in [9.17, 15) is 13.2 Å². The van der Waals surface area contributed by atoms with Crippen LogP contribution >= 0.6 is 0 Å². The molecule has 0 atom stereocenters. The second kappa shape index (κ2) is 2.66. The highest BCUT2D eigenvalue weighted by Crippen LogP contribution is 2.31. The van der Waals surface area contributed by atoms with Gasteiger partial charge in [-0.15, -0.1) is 0 Å². The van der Waals surface area contributed by atoms with Crippen LogP contribution in [0.2, 0.25) is 0 Å². The van der Waals surface area contributed by atoms with Crippen molar-refractivity contribution in [1.29, 1.82) is 0 Å². The van der Waals surface area contributed by atoms with Crippen molar-refractivity contribution in [3.05, 3.63) is 23.5 Å². The number of hydrogen-bond acceptors (Lipinski definition) is 1. The van der Waals surface area contributed by atoms with Crippen molar-refractivity contribution >= 4 is 6.08 Å². The van der Waals surface area contributed by atoms with Gasteiger partial charge in [-0.25, -0.2) is 0 Å². The molecule has 1 rings (SSSR count). The van der Waals surface area contributed by atoms with Crippen LogP contribution in [0.5, 0.6) is 0 Å². The molecule has 0 saturated heterocycles. The number of hydrogen-bond donors (Lipinski definition) is 1. The van der Waals surface area contributed by atoms with Crippen molar-refractivity contribution in [1.82, 2.24) is 10.2 Å². The molecule has 1 N–H and O–H groups in total. The fourth-order valence-electron chi connectivity index (χ4n) is 0.904. The molecule has 0 saturated carbocycles. The number of H-pyrrole nitrogens is 1. The molecule has 1 aromatic rings. The fraction of sp³-hybridized carbons (Fsp3) is 0.286. The monoisotopic (exact) mass is 176 g/mol. The van der Waals surface area contributed by atoms with E-state index in [4.69, 9.17) is 0 Å². The van der Waals surface area contributed by atoms with E-state index >= 15 is 0 Å². The molecule has 12 heavy (non-hydrogen) atoms. The number of halogens is 3. The first kappa shape index (κ1) is 8.83. The number of aryl methyl sites for hydroxylation is 1. The van der Waals surface area contributed by atoms with Gasteiger partial charge in [0, 0.05) is 11.3 Å². The summed E-state index contributed by atoms with van der Waals surface area (Å²) in [7, 11) is 0. The Morgan fingerprint density at radius 3 is 2.42 bits per heavy atom. The summed E-state index contributed by atoms with van der Waals surface area (Å²) in [6.45, 7) is 4.79. The number of nitrogens with zero attached hydrogens (tertiary/aromatic N) is 1. The van der Waals surface area contributed by atoms with E-state index in [1.54, 1.807) is 0 Å². The van der Waals surface area contributed by atoms with Crippen molar-refractivity contribution in [2.75, 3.05) is 0 Å². The van der Waals surface area contributed by atoms with Crippen LogP contribution in [0.3, 0.4) is 0 Å². The molecule has 0 aliphatic rings. The third kappa shape index (κ3) is 1.34. The lowest BCUT2D eigenvalue weighted by molar-refractivity contribution is -0.141. The van der Waals surface area contributed by atoms with Crippen LogP contribution in [0.15, 0.2) is 6.58 Å². The van der Waals surface area contributed by atoms with E-state index in [0.29, 0.717) is 5.69 Å². The standard InChI is InChI=1S/C7H7F3N2/c1-3-5-4(2)11-12-6(5)7(8,9)10/h3H,1H2,2H3,(H,11,12). The van der Waals surface area contributed by atoms with Crippen molar-refractivity contribution in [2.24, 2.45) is 0 Å². The summed E-state index contributed by atoms with van der Waals surface area (Å²) in [6.07, 6.45) is -3.27. The Morgan fingerprint density at radius 2 is 2.08 bits per heavy atom. The highest BCUT2D eigenvalue weighted by atomic mass is 19.4. The van der Waals surface area contributed by atoms with Crippen LogP contribution in [0.4, 0.5) is 13.2 Å². The van der Waals surface area contributed by atoms with Gasteiger partial charge in [-0.05, 0) is 6.92 Å². The lowest BCUT2D eigenvalue weighted by atomic mass is 10.2. The molecular formula is C7H7F3N2. The first-order valence-electron chi connectivity index (χ1n) is 3.21. The number of rotatable bonds is 1. The van der Waals surface area contributed by atoms with Gasteiger partial charge < -0.3 is 0 Å². The normalized spacial score (nSPS) is 11.7. The molecule has 0 aliphatic carbocycles. The molecule has 1 aromatic heterocycles. The summed E-state index contributed by atoms with van der Waals surface area (Å²) < 4.78 is 36.4. The second-order valence-electron chi connectivity index (χ2n) is 2.31. The van der Waals surface area contributed by atoms with E-state index in [0.717, 1.165) is 6.08 Å². The van der Waals surface area contributed by atoms with E-state index in [1.807, 2.05) is 0 Å². The zero-order chi connectivity index (χ0) is 9.35. The quantitative estimate of drug-likeness (QED) is 0.699. The van der Waals surface area contributed by atoms with E-state index in [1.165, 1.54) is 6.92 Å². The highest BCUT2D eigenvalue weighted by Gasteiger charge is 2.36. The van der Waals surface area contributed by atoms with Crippen LogP contribution in [-0.2, 0) is 6.18 Å². The minimum Gasteiger partial charge on any atom is -0.282 e. The van der Waals surface area contributed by atoms with Crippen molar-refractivity contribution in [2.45, 2.75) is 13.1 Å². The first-order chi connectivity index (χ1) is 5.46. The predicted octanol–water partition coefficient (Wildman–Crippen LogP) is 2.38. The molecule has 66 valence electrons. The number of aromatic nitrogens is 2. The molecular weight excluding hydrogens is 169 g/mol. The van der Waals surface area contributed by atoms with Gasteiger partial charge >= 0.3 is 6.18 Å². The molecule has 0 fully saturated rings. The Kier molecular flexibility index (Phi) is 1.95. The zero-order valence-corrected chi connectivity index (χ0v) is 6.37. The Balaban J connectivity index is 3.25. The number of aromatic amines is 1. The Hall–Kier alpha value is -1.26. The molecule has 0 spiro atoms. The smallest absolute Gasteiger partial charge is 0.282 e. The van der Waals surface area contributed by atoms with Gasteiger partial charge in [0.15, 0.2) is 5.69 Å². The Labute approximate surface area is 67.1 Å². The average molecular weight is 176 g/mol. The van der Waals surface area contributed by atoms with Crippen molar-refractivity contribution in [3.8, 4) is 0 Å². The fourth-order valence-corrected chi connectivity index (χ4v) is 0.904. The van der Waals surface area contributed by atoms with Crippen molar-refractivity contribution < 1.29 is 13.2 Å². The van der Waals surface area contributed by atoms with Gasteiger partial charge in [0.25, 0.3) is 0 Å². The lowest BCUT2D eigenvalue weighted by Gasteiger charge is -2.02. The van der Waals surface area contributed by atoms with Crippen LogP contribution in [0.1, 0.15) is 17.0 Å². The topological polar surface area (TPSA) is 28.7 Å². The van der Waals surface area contributed by atoms with Gasteiger partial charge in [-0.3, -0.25) is 5.10 Å². The molecule has 0 aliphatic heterocycles. The first-order valence-corrected chi connectivity index (χ1v) is 3.21. The Morgan fingerprint density at radius 1 is 1.50 bits per heavy atom. The molecule has 1 heterocycles. The summed E-state index contributed by atoms with van der Waals surface area (Å²) in [6, 6.07) is 0.